The SMILES string of the molecule is Cc1cc(C(C#N)c2ccc(Cl)cc2)c(Cl)cc1NC(=O)c1ccc(F)c(F)c1N. The quantitative estimate of drug-likeness (QED) is 0.478. The summed E-state index contributed by atoms with van der Waals surface area (Å²) in [6.45, 7) is 1.72. The fourth-order valence-corrected chi connectivity index (χ4v) is 3.39. The first-order chi connectivity index (χ1) is 14.2. The van der Waals surface area contributed by atoms with Crippen LogP contribution in [0.25, 0.3) is 0 Å². The highest BCUT2D eigenvalue weighted by molar-refractivity contribution is 6.32. The van der Waals surface area contributed by atoms with E-state index in [1.165, 1.54) is 6.07 Å². The Bertz CT molecular complexity index is 1170. The van der Waals surface area contributed by atoms with Gasteiger partial charge in [0.25, 0.3) is 5.91 Å². The number of nitrogens with two attached hydrogens (primary N) is 1. The van der Waals surface area contributed by atoms with Crippen LogP contribution < -0.4 is 11.1 Å². The average Bonchev–Trinajstić information content (AvgIpc) is 2.71. The lowest BCUT2D eigenvalue weighted by Crippen LogP contribution is -2.16. The predicted octanol–water partition coefficient (Wildman–Crippen LogP) is 6.07. The number of benzene rings is 3. The minimum Gasteiger partial charge on any atom is -0.396 e. The molecule has 3 N–H and O–H groups in total. The van der Waals surface area contributed by atoms with Crippen LogP contribution in [0.4, 0.5) is 20.2 Å². The van der Waals surface area contributed by atoms with Crippen molar-refractivity contribution in [3.05, 3.63) is 92.5 Å². The Morgan fingerprint density at radius 3 is 2.43 bits per heavy atom. The van der Waals surface area contributed by atoms with Gasteiger partial charge in [0.05, 0.1) is 23.2 Å². The van der Waals surface area contributed by atoms with E-state index in [-0.39, 0.29) is 10.6 Å². The number of anilines is 2. The van der Waals surface area contributed by atoms with E-state index in [4.69, 9.17) is 28.9 Å². The van der Waals surface area contributed by atoms with E-state index in [1.54, 1.807) is 37.3 Å². The van der Waals surface area contributed by atoms with Crippen LogP contribution in [-0.2, 0) is 0 Å². The molecule has 0 aliphatic rings. The Labute approximate surface area is 181 Å². The topological polar surface area (TPSA) is 78.9 Å². The maximum atomic E-state index is 13.7. The first kappa shape index (κ1) is 21.6. The van der Waals surface area contributed by atoms with Crippen LogP contribution >= 0.6 is 23.2 Å². The van der Waals surface area contributed by atoms with Crippen LogP contribution in [0, 0.1) is 29.9 Å². The number of hydrogen-bond donors (Lipinski definition) is 2. The molecule has 0 aromatic heterocycles. The number of nitrogens with zero attached hydrogens (tertiary/aromatic N) is 1. The zero-order chi connectivity index (χ0) is 22.0. The highest BCUT2D eigenvalue weighted by atomic mass is 35.5. The summed E-state index contributed by atoms with van der Waals surface area (Å²) < 4.78 is 26.9. The van der Waals surface area contributed by atoms with Crippen molar-refractivity contribution >= 4 is 40.5 Å². The number of hydrogen-bond acceptors (Lipinski definition) is 3. The number of nitrogen functional groups attached to an aromatic ring is 1. The molecule has 4 nitrogen and oxygen atoms in total. The Hall–Kier alpha value is -3.14. The number of halogens is 4. The molecule has 152 valence electrons. The second-order valence-electron chi connectivity index (χ2n) is 6.58. The number of carbonyl (C=O) groups excluding carboxylic acids is 1. The summed E-state index contributed by atoms with van der Waals surface area (Å²) in [6.07, 6.45) is 0. The van der Waals surface area contributed by atoms with Crippen LogP contribution in [0.1, 0.15) is 33.0 Å². The molecular weight excluding hydrogens is 431 g/mol. The lowest BCUT2D eigenvalue weighted by Gasteiger charge is -2.16. The summed E-state index contributed by atoms with van der Waals surface area (Å²) in [5, 5.41) is 13.1. The molecule has 3 aromatic rings. The number of nitriles is 1. The highest BCUT2D eigenvalue weighted by Crippen LogP contribution is 2.34. The van der Waals surface area contributed by atoms with E-state index in [0.717, 1.165) is 17.7 Å². The van der Waals surface area contributed by atoms with Crippen molar-refractivity contribution in [1.29, 1.82) is 5.26 Å². The second kappa shape index (κ2) is 8.70. The normalized spacial score (nSPS) is 11.6. The first-order valence-electron chi connectivity index (χ1n) is 8.73. The van der Waals surface area contributed by atoms with Gasteiger partial charge in [0.15, 0.2) is 11.6 Å². The van der Waals surface area contributed by atoms with Crippen molar-refractivity contribution < 1.29 is 13.6 Å². The molecule has 1 atom stereocenters. The van der Waals surface area contributed by atoms with Gasteiger partial charge >= 0.3 is 0 Å². The Morgan fingerprint density at radius 1 is 1.13 bits per heavy atom. The smallest absolute Gasteiger partial charge is 0.257 e. The maximum Gasteiger partial charge on any atom is 0.257 e. The van der Waals surface area contributed by atoms with Crippen LogP contribution in [0.15, 0.2) is 48.5 Å². The third-order valence-corrected chi connectivity index (χ3v) is 5.19. The summed E-state index contributed by atoms with van der Waals surface area (Å²) in [6, 6.07) is 14.2. The van der Waals surface area contributed by atoms with Gasteiger partial charge in [-0.15, -0.1) is 0 Å². The molecule has 0 saturated heterocycles. The molecule has 3 rings (SSSR count). The van der Waals surface area contributed by atoms with Crippen LogP contribution in [0.2, 0.25) is 10.0 Å². The minimum absolute atomic E-state index is 0.204. The lowest BCUT2D eigenvalue weighted by atomic mass is 9.91. The second-order valence-corrected chi connectivity index (χ2v) is 7.42. The van der Waals surface area contributed by atoms with E-state index in [1.807, 2.05) is 0 Å². The van der Waals surface area contributed by atoms with Gasteiger partial charge in [-0.2, -0.15) is 5.26 Å². The number of nitrogens with one attached hydrogen (secondary N) is 1. The van der Waals surface area contributed by atoms with Crippen LogP contribution in [0.3, 0.4) is 0 Å². The Kier molecular flexibility index (Phi) is 6.25. The van der Waals surface area contributed by atoms with Gasteiger partial charge < -0.3 is 11.1 Å². The van der Waals surface area contributed by atoms with Crippen LogP contribution in [-0.4, -0.2) is 5.91 Å². The molecule has 8 heteroatoms. The Morgan fingerprint density at radius 2 is 1.80 bits per heavy atom. The number of carbonyl (C=O) groups is 1. The van der Waals surface area contributed by atoms with Gasteiger partial charge in [-0.25, -0.2) is 8.78 Å². The average molecular weight is 446 g/mol. The fourth-order valence-electron chi connectivity index (χ4n) is 2.99. The predicted molar refractivity (Wildman–Crippen MR) is 114 cm³/mol. The molecule has 0 aliphatic heterocycles. The summed E-state index contributed by atoms with van der Waals surface area (Å²) in [4.78, 5) is 12.5. The molecule has 0 saturated carbocycles. The van der Waals surface area contributed by atoms with Crippen molar-refractivity contribution in [2.45, 2.75) is 12.8 Å². The fraction of sp³-hybridized carbons (Fsp3) is 0.0909. The number of aryl methyl sites for hydroxylation is 1. The van der Waals surface area contributed by atoms with Gasteiger partial charge in [-0.05, 0) is 53.9 Å². The largest absolute Gasteiger partial charge is 0.396 e. The molecule has 3 aromatic carbocycles. The van der Waals surface area contributed by atoms with E-state index >= 15 is 0 Å². The number of rotatable bonds is 4. The lowest BCUT2D eigenvalue weighted by molar-refractivity contribution is 0.102. The van der Waals surface area contributed by atoms with E-state index in [2.05, 4.69) is 11.4 Å². The molecule has 0 heterocycles. The molecule has 0 aliphatic carbocycles. The maximum absolute atomic E-state index is 13.7. The molecule has 1 unspecified atom stereocenters. The van der Waals surface area contributed by atoms with Gasteiger partial charge in [0, 0.05) is 15.7 Å². The van der Waals surface area contributed by atoms with E-state index < -0.39 is 29.1 Å². The van der Waals surface area contributed by atoms with E-state index in [9.17, 15) is 18.8 Å². The van der Waals surface area contributed by atoms with Crippen molar-refractivity contribution in [2.75, 3.05) is 11.1 Å². The summed E-state index contributed by atoms with van der Waals surface area (Å²) >= 11 is 12.3. The molecule has 0 fully saturated rings. The van der Waals surface area contributed by atoms with Crippen molar-refractivity contribution in [2.24, 2.45) is 0 Å². The third-order valence-electron chi connectivity index (χ3n) is 4.61. The third kappa shape index (κ3) is 4.23. The van der Waals surface area contributed by atoms with Crippen molar-refractivity contribution in [1.82, 2.24) is 0 Å². The van der Waals surface area contributed by atoms with Gasteiger partial charge in [0.1, 0.15) is 0 Å². The number of amides is 1. The van der Waals surface area contributed by atoms with Crippen LogP contribution in [0.5, 0.6) is 0 Å². The monoisotopic (exact) mass is 445 g/mol. The first-order valence-corrected chi connectivity index (χ1v) is 9.48. The molecule has 0 bridgehead atoms. The van der Waals surface area contributed by atoms with Gasteiger partial charge in [-0.1, -0.05) is 41.4 Å². The zero-order valence-corrected chi connectivity index (χ0v) is 17.2. The standard InChI is InChI=1S/C22H15Cl2F2N3O/c1-11-8-15(16(10-27)12-2-4-13(23)5-3-12)17(24)9-19(11)29-22(30)14-6-7-18(25)20(26)21(14)28/h2-9,16H,28H2,1H3,(H,29,30). The van der Waals surface area contributed by atoms with Crippen molar-refractivity contribution in [3.63, 3.8) is 0 Å². The van der Waals surface area contributed by atoms with Gasteiger partial charge in [0.2, 0.25) is 0 Å². The summed E-state index contributed by atoms with van der Waals surface area (Å²) in [5.41, 5.74) is 6.98. The minimum atomic E-state index is -1.28. The van der Waals surface area contributed by atoms with Gasteiger partial charge in [-0.3, -0.25) is 4.79 Å². The molecule has 0 radical (unpaired) electrons. The molecule has 0 spiro atoms. The summed E-state index contributed by atoms with van der Waals surface area (Å²) in [7, 11) is 0. The molecular formula is C22H15Cl2F2N3O. The molecule has 30 heavy (non-hydrogen) atoms. The zero-order valence-electron chi connectivity index (χ0n) is 15.6. The molecule has 1 amide bonds. The van der Waals surface area contributed by atoms with Crippen molar-refractivity contribution in [3.8, 4) is 6.07 Å². The Balaban J connectivity index is 1.93. The van der Waals surface area contributed by atoms with E-state index in [0.29, 0.717) is 21.8 Å². The highest BCUT2D eigenvalue weighted by Gasteiger charge is 2.21. The summed E-state index contributed by atoms with van der Waals surface area (Å²) in [5.74, 6) is -3.78.